The van der Waals surface area contributed by atoms with Crippen LogP contribution in [0.1, 0.15) is 33.6 Å². The summed E-state index contributed by atoms with van der Waals surface area (Å²) in [5.41, 5.74) is 1.27. The summed E-state index contributed by atoms with van der Waals surface area (Å²) >= 11 is 0. The van der Waals surface area contributed by atoms with E-state index >= 15 is 0 Å². The van der Waals surface area contributed by atoms with E-state index in [4.69, 9.17) is 4.74 Å². The van der Waals surface area contributed by atoms with Crippen LogP contribution in [0.3, 0.4) is 0 Å². The number of fused-ring (bicyclic) bond motifs is 1. The van der Waals surface area contributed by atoms with Gasteiger partial charge in [-0.2, -0.15) is 4.31 Å². The predicted octanol–water partition coefficient (Wildman–Crippen LogP) is 3.06. The van der Waals surface area contributed by atoms with E-state index in [1.165, 1.54) is 28.6 Å². The molecule has 1 aromatic heterocycles. The van der Waals surface area contributed by atoms with Crippen LogP contribution in [0, 0.1) is 0 Å². The highest BCUT2D eigenvalue weighted by Crippen LogP contribution is 2.21. The first-order valence-corrected chi connectivity index (χ1v) is 11.0. The number of ether oxygens (including phenoxy) is 1. The number of sulfonamides is 1. The van der Waals surface area contributed by atoms with Crippen molar-refractivity contribution in [1.29, 1.82) is 0 Å². The number of Topliss-reactive ketones (excluding diaryl/α,β-unsaturated/α-hetero) is 1. The topological polar surface area (TPSA) is 93.6 Å². The lowest BCUT2D eigenvalue weighted by Gasteiger charge is -2.15. The first kappa shape index (κ1) is 20.2. The maximum Gasteiger partial charge on any atom is 0.339 e. The molecule has 0 radical (unpaired) electrons. The average Bonchev–Trinajstić information content (AvgIpc) is 3.33. The van der Waals surface area contributed by atoms with E-state index in [-0.39, 0.29) is 10.5 Å². The van der Waals surface area contributed by atoms with Gasteiger partial charge in [-0.3, -0.25) is 9.78 Å². The fraction of sp³-hybridized carbons (Fsp3) is 0.227. The summed E-state index contributed by atoms with van der Waals surface area (Å²) in [7, 11) is -3.53. The van der Waals surface area contributed by atoms with Gasteiger partial charge in [-0.05, 0) is 55.3 Å². The Morgan fingerprint density at radius 3 is 2.43 bits per heavy atom. The normalized spacial score (nSPS) is 14.7. The van der Waals surface area contributed by atoms with Crippen molar-refractivity contribution < 1.29 is 22.7 Å². The maximum atomic E-state index is 12.6. The molecule has 3 aromatic rings. The molecular weight excluding hydrogens is 404 g/mol. The Bertz CT molecular complexity index is 1190. The molecule has 0 amide bonds. The van der Waals surface area contributed by atoms with Crippen molar-refractivity contribution in [3.63, 3.8) is 0 Å². The Morgan fingerprint density at radius 1 is 0.967 bits per heavy atom. The second-order valence-corrected chi connectivity index (χ2v) is 8.95. The van der Waals surface area contributed by atoms with Gasteiger partial charge in [-0.25, -0.2) is 13.2 Å². The van der Waals surface area contributed by atoms with Crippen molar-refractivity contribution in [2.24, 2.45) is 0 Å². The number of hydrogen-bond acceptors (Lipinski definition) is 6. The van der Waals surface area contributed by atoms with Crippen LogP contribution in [-0.2, 0) is 14.8 Å². The van der Waals surface area contributed by atoms with Gasteiger partial charge in [-0.15, -0.1) is 0 Å². The molecule has 1 saturated heterocycles. The summed E-state index contributed by atoms with van der Waals surface area (Å²) in [6.07, 6.45) is 3.34. The summed E-state index contributed by atoms with van der Waals surface area (Å²) in [5.74, 6) is -1.03. The highest BCUT2D eigenvalue weighted by Gasteiger charge is 2.27. The summed E-state index contributed by atoms with van der Waals surface area (Å²) in [6.45, 7) is 0.596. The Kier molecular flexibility index (Phi) is 5.61. The van der Waals surface area contributed by atoms with Gasteiger partial charge in [-0.1, -0.05) is 12.1 Å². The Morgan fingerprint density at radius 2 is 1.70 bits per heavy atom. The van der Waals surface area contributed by atoms with Crippen LogP contribution in [0.15, 0.2) is 65.7 Å². The number of carbonyl (C=O) groups excluding carboxylic acids is 2. The number of pyridine rings is 1. The number of esters is 1. The fourth-order valence-corrected chi connectivity index (χ4v) is 4.98. The largest absolute Gasteiger partial charge is 0.454 e. The molecule has 1 aliphatic rings. The van der Waals surface area contributed by atoms with Gasteiger partial charge >= 0.3 is 5.97 Å². The summed E-state index contributed by atoms with van der Waals surface area (Å²) < 4.78 is 31.8. The Labute approximate surface area is 174 Å². The van der Waals surface area contributed by atoms with E-state index in [2.05, 4.69) is 4.98 Å². The molecule has 0 unspecified atom stereocenters. The molecule has 0 spiro atoms. The van der Waals surface area contributed by atoms with Gasteiger partial charge < -0.3 is 4.74 Å². The Balaban J connectivity index is 1.43. The molecule has 0 aliphatic carbocycles. The van der Waals surface area contributed by atoms with Gasteiger partial charge in [0.1, 0.15) is 0 Å². The number of ketones is 1. The minimum absolute atomic E-state index is 0.154. The first-order valence-electron chi connectivity index (χ1n) is 9.61. The van der Waals surface area contributed by atoms with Crippen molar-refractivity contribution in [2.45, 2.75) is 17.7 Å². The molecule has 1 aliphatic heterocycles. The molecule has 2 heterocycles. The van der Waals surface area contributed by atoms with E-state index in [0.29, 0.717) is 29.6 Å². The van der Waals surface area contributed by atoms with Gasteiger partial charge in [0.25, 0.3) is 0 Å². The van der Waals surface area contributed by atoms with E-state index in [0.717, 1.165) is 12.8 Å². The first-order chi connectivity index (χ1) is 14.5. The molecule has 0 N–H and O–H groups in total. The molecule has 2 aromatic carbocycles. The zero-order chi connectivity index (χ0) is 21.1. The van der Waals surface area contributed by atoms with E-state index in [1.54, 1.807) is 36.5 Å². The third kappa shape index (κ3) is 3.96. The molecule has 0 atom stereocenters. The summed E-state index contributed by atoms with van der Waals surface area (Å²) in [4.78, 5) is 29.2. The van der Waals surface area contributed by atoms with Gasteiger partial charge in [0.05, 0.1) is 16.0 Å². The maximum absolute atomic E-state index is 12.6. The monoisotopic (exact) mass is 424 g/mol. The van der Waals surface area contributed by atoms with E-state index < -0.39 is 28.4 Å². The molecule has 7 nitrogen and oxygen atoms in total. The third-order valence-electron chi connectivity index (χ3n) is 5.08. The van der Waals surface area contributed by atoms with Crippen molar-refractivity contribution >= 4 is 32.7 Å². The van der Waals surface area contributed by atoms with E-state index in [9.17, 15) is 18.0 Å². The van der Waals surface area contributed by atoms with Gasteiger partial charge in [0, 0.05) is 30.2 Å². The van der Waals surface area contributed by atoms with Crippen molar-refractivity contribution in [1.82, 2.24) is 9.29 Å². The lowest BCUT2D eigenvalue weighted by Crippen LogP contribution is -2.27. The number of rotatable bonds is 6. The van der Waals surface area contributed by atoms with Gasteiger partial charge in [0.15, 0.2) is 12.4 Å². The minimum Gasteiger partial charge on any atom is -0.454 e. The molecule has 0 bridgehead atoms. The molecule has 4 rings (SSSR count). The van der Waals surface area contributed by atoms with Crippen LogP contribution < -0.4 is 0 Å². The van der Waals surface area contributed by atoms with E-state index in [1.807, 2.05) is 0 Å². The van der Waals surface area contributed by atoms with Crippen LogP contribution >= 0.6 is 0 Å². The second kappa shape index (κ2) is 8.33. The molecule has 8 heteroatoms. The van der Waals surface area contributed by atoms with Crippen molar-refractivity contribution in [2.75, 3.05) is 19.7 Å². The number of aromatic nitrogens is 1. The smallest absolute Gasteiger partial charge is 0.339 e. The number of hydrogen-bond donors (Lipinski definition) is 0. The number of benzene rings is 2. The highest BCUT2D eigenvalue weighted by atomic mass is 32.2. The standard InChI is InChI=1S/C22H20N2O5S/c25-21(15-29-22(26)19-5-3-7-20-18(19)6-4-12-23-20)16-8-10-17(11-9-16)30(27,28)24-13-1-2-14-24/h3-12H,1-2,13-15H2. The third-order valence-corrected chi connectivity index (χ3v) is 6.99. The molecule has 30 heavy (non-hydrogen) atoms. The quantitative estimate of drug-likeness (QED) is 0.446. The molecule has 154 valence electrons. The molecular formula is C22H20N2O5S. The fourth-order valence-electron chi connectivity index (χ4n) is 3.46. The average molecular weight is 424 g/mol. The zero-order valence-electron chi connectivity index (χ0n) is 16.2. The predicted molar refractivity (Wildman–Crippen MR) is 111 cm³/mol. The molecule has 0 saturated carbocycles. The van der Waals surface area contributed by atoms with Crippen LogP contribution in [-0.4, -0.2) is 49.2 Å². The van der Waals surface area contributed by atoms with Crippen molar-refractivity contribution in [3.05, 3.63) is 71.9 Å². The van der Waals surface area contributed by atoms with Crippen LogP contribution in [0.25, 0.3) is 10.9 Å². The van der Waals surface area contributed by atoms with Crippen LogP contribution in [0.5, 0.6) is 0 Å². The van der Waals surface area contributed by atoms with Crippen LogP contribution in [0.4, 0.5) is 0 Å². The highest BCUT2D eigenvalue weighted by molar-refractivity contribution is 7.89. The Hall–Kier alpha value is -3.10. The second-order valence-electron chi connectivity index (χ2n) is 7.01. The lowest BCUT2D eigenvalue weighted by atomic mass is 10.1. The summed E-state index contributed by atoms with van der Waals surface area (Å²) in [5, 5.41) is 0.647. The SMILES string of the molecule is O=C(COC(=O)c1cccc2ncccc12)c1ccc(S(=O)(=O)N2CCCC2)cc1. The van der Waals surface area contributed by atoms with Crippen molar-refractivity contribution in [3.8, 4) is 0 Å². The summed E-state index contributed by atoms with van der Waals surface area (Å²) in [6, 6.07) is 14.3. The van der Waals surface area contributed by atoms with Gasteiger partial charge in [0.2, 0.25) is 10.0 Å². The number of carbonyl (C=O) groups is 2. The molecule has 1 fully saturated rings. The number of nitrogens with zero attached hydrogens (tertiary/aromatic N) is 2. The zero-order valence-corrected chi connectivity index (χ0v) is 17.0. The lowest BCUT2D eigenvalue weighted by molar-refractivity contribution is 0.0476. The minimum atomic E-state index is -3.53. The van der Waals surface area contributed by atoms with Crippen LogP contribution in [0.2, 0.25) is 0 Å².